The van der Waals surface area contributed by atoms with Gasteiger partial charge in [-0.15, -0.1) is 0 Å². The van der Waals surface area contributed by atoms with E-state index in [1.54, 1.807) is 12.1 Å². The van der Waals surface area contributed by atoms with Gasteiger partial charge in [0, 0.05) is 22.1 Å². The van der Waals surface area contributed by atoms with E-state index in [4.69, 9.17) is 0 Å². The van der Waals surface area contributed by atoms with Crippen molar-refractivity contribution in [3.63, 3.8) is 0 Å². The summed E-state index contributed by atoms with van der Waals surface area (Å²) in [6.45, 7) is 2.03. The number of nitrogens with zero attached hydrogens (tertiary/aromatic N) is 1. The van der Waals surface area contributed by atoms with Crippen LogP contribution in [0.2, 0.25) is 0 Å². The fourth-order valence-electron chi connectivity index (χ4n) is 2.43. The van der Waals surface area contributed by atoms with Crippen molar-refractivity contribution in [1.82, 2.24) is 5.32 Å². The highest BCUT2D eigenvalue weighted by molar-refractivity contribution is 9.10. The third-order valence-electron chi connectivity index (χ3n) is 3.43. The van der Waals surface area contributed by atoms with Crippen molar-refractivity contribution < 1.29 is 4.92 Å². The monoisotopic (exact) mass is 348 g/mol. The minimum Gasteiger partial charge on any atom is -0.313 e. The number of nitro benzene ring substituents is 1. The van der Waals surface area contributed by atoms with Crippen LogP contribution >= 0.6 is 15.9 Å². The van der Waals surface area contributed by atoms with Crippen molar-refractivity contribution in [1.29, 1.82) is 0 Å². The molecule has 0 aliphatic heterocycles. The summed E-state index contributed by atoms with van der Waals surface area (Å²) < 4.78 is 1.01. The van der Waals surface area contributed by atoms with Crippen molar-refractivity contribution in [2.24, 2.45) is 0 Å². The Bertz CT molecular complexity index is 638. The number of hydrogen-bond acceptors (Lipinski definition) is 3. The second kappa shape index (κ2) is 6.83. The lowest BCUT2D eigenvalue weighted by molar-refractivity contribution is -0.385. The van der Waals surface area contributed by atoms with Crippen LogP contribution in [0, 0.1) is 17.0 Å². The van der Waals surface area contributed by atoms with E-state index in [2.05, 4.69) is 27.3 Å². The molecule has 0 bridgehead atoms. The number of aryl methyl sites for hydroxylation is 1. The molecule has 0 aliphatic carbocycles. The first-order valence-electron chi connectivity index (χ1n) is 6.68. The highest BCUT2D eigenvalue weighted by atomic mass is 79.9. The van der Waals surface area contributed by atoms with Crippen LogP contribution in [0.25, 0.3) is 0 Å². The average molecular weight is 349 g/mol. The van der Waals surface area contributed by atoms with Gasteiger partial charge in [0.25, 0.3) is 5.69 Å². The molecular weight excluding hydrogens is 332 g/mol. The summed E-state index contributed by atoms with van der Waals surface area (Å²) in [5.74, 6) is 0. The van der Waals surface area contributed by atoms with E-state index in [-0.39, 0.29) is 16.7 Å². The summed E-state index contributed by atoms with van der Waals surface area (Å²) >= 11 is 3.50. The van der Waals surface area contributed by atoms with Gasteiger partial charge in [-0.1, -0.05) is 40.2 Å². The zero-order valence-electron chi connectivity index (χ0n) is 12.0. The SMILES string of the molecule is CNC(Cc1ccccc1[N+](=O)[O-])c1cc(C)cc(Br)c1. The normalized spacial score (nSPS) is 12.1. The molecule has 5 heteroatoms. The lowest BCUT2D eigenvalue weighted by Crippen LogP contribution is -2.19. The van der Waals surface area contributed by atoms with E-state index in [1.165, 1.54) is 0 Å². The topological polar surface area (TPSA) is 55.2 Å². The van der Waals surface area contributed by atoms with Crippen molar-refractivity contribution in [3.05, 3.63) is 73.7 Å². The van der Waals surface area contributed by atoms with Gasteiger partial charge < -0.3 is 5.32 Å². The average Bonchev–Trinajstić information content (AvgIpc) is 2.43. The molecule has 110 valence electrons. The molecule has 2 rings (SSSR count). The predicted octanol–water partition coefficient (Wildman–Crippen LogP) is 4.17. The minimum atomic E-state index is -0.325. The van der Waals surface area contributed by atoms with Crippen molar-refractivity contribution in [2.45, 2.75) is 19.4 Å². The first-order valence-corrected chi connectivity index (χ1v) is 7.47. The third-order valence-corrected chi connectivity index (χ3v) is 3.89. The molecular formula is C16H17BrN2O2. The van der Waals surface area contributed by atoms with Crippen LogP contribution in [-0.2, 0) is 6.42 Å². The second-order valence-corrected chi connectivity index (χ2v) is 5.91. The van der Waals surface area contributed by atoms with Gasteiger partial charge in [-0.25, -0.2) is 0 Å². The molecule has 0 aromatic heterocycles. The van der Waals surface area contributed by atoms with E-state index in [9.17, 15) is 10.1 Å². The molecule has 0 spiro atoms. The molecule has 0 aliphatic rings. The molecule has 21 heavy (non-hydrogen) atoms. The Hall–Kier alpha value is -1.72. The number of para-hydroxylation sites is 1. The van der Waals surface area contributed by atoms with Crippen LogP contribution in [0.4, 0.5) is 5.69 Å². The maximum Gasteiger partial charge on any atom is 0.272 e. The molecule has 0 radical (unpaired) electrons. The summed E-state index contributed by atoms with van der Waals surface area (Å²) in [4.78, 5) is 10.8. The molecule has 0 fully saturated rings. The summed E-state index contributed by atoms with van der Waals surface area (Å²) in [5.41, 5.74) is 3.17. The fraction of sp³-hybridized carbons (Fsp3) is 0.250. The van der Waals surface area contributed by atoms with Crippen LogP contribution in [-0.4, -0.2) is 12.0 Å². The van der Waals surface area contributed by atoms with Crippen LogP contribution in [0.3, 0.4) is 0 Å². The first-order chi connectivity index (χ1) is 10.0. The van der Waals surface area contributed by atoms with E-state index < -0.39 is 0 Å². The zero-order chi connectivity index (χ0) is 15.4. The lowest BCUT2D eigenvalue weighted by atomic mass is 9.97. The molecule has 0 saturated carbocycles. The number of hydrogen-bond donors (Lipinski definition) is 1. The first kappa shape index (κ1) is 15.7. The molecule has 2 aromatic rings. The Labute approximate surface area is 132 Å². The van der Waals surface area contributed by atoms with E-state index in [0.717, 1.165) is 21.2 Å². The fourth-order valence-corrected chi connectivity index (χ4v) is 3.06. The van der Waals surface area contributed by atoms with Gasteiger partial charge >= 0.3 is 0 Å². The van der Waals surface area contributed by atoms with E-state index in [1.807, 2.05) is 38.2 Å². The molecule has 1 unspecified atom stereocenters. The minimum absolute atomic E-state index is 0.0299. The summed E-state index contributed by atoms with van der Waals surface area (Å²) in [5, 5.41) is 14.4. The van der Waals surface area contributed by atoms with Crippen LogP contribution in [0.1, 0.15) is 22.7 Å². The second-order valence-electron chi connectivity index (χ2n) is 4.99. The van der Waals surface area contributed by atoms with Gasteiger partial charge in [0.1, 0.15) is 0 Å². The molecule has 1 atom stereocenters. The largest absolute Gasteiger partial charge is 0.313 e. The third kappa shape index (κ3) is 3.89. The molecule has 0 saturated heterocycles. The Morgan fingerprint density at radius 2 is 2.00 bits per heavy atom. The molecule has 0 heterocycles. The van der Waals surface area contributed by atoms with Crippen molar-refractivity contribution in [2.75, 3.05) is 7.05 Å². The molecule has 2 aromatic carbocycles. The maximum absolute atomic E-state index is 11.1. The highest BCUT2D eigenvalue weighted by Crippen LogP contribution is 2.27. The summed E-state index contributed by atoms with van der Waals surface area (Å²) in [7, 11) is 1.87. The number of nitrogens with one attached hydrogen (secondary N) is 1. The quantitative estimate of drug-likeness (QED) is 0.651. The standard InChI is InChI=1S/C16H17BrN2O2/c1-11-7-13(9-14(17)8-11)15(18-2)10-12-5-3-4-6-16(12)19(20)21/h3-9,15,18H,10H2,1-2H3. The Balaban J connectivity index is 2.33. The maximum atomic E-state index is 11.1. The number of benzene rings is 2. The zero-order valence-corrected chi connectivity index (χ0v) is 13.6. The smallest absolute Gasteiger partial charge is 0.272 e. The number of rotatable bonds is 5. The molecule has 1 N–H and O–H groups in total. The number of nitro groups is 1. The summed E-state index contributed by atoms with van der Waals surface area (Å²) in [6, 6.07) is 13.1. The Morgan fingerprint density at radius 3 is 2.62 bits per heavy atom. The molecule has 0 amide bonds. The van der Waals surface area contributed by atoms with Gasteiger partial charge in [-0.3, -0.25) is 10.1 Å². The van der Waals surface area contributed by atoms with E-state index >= 15 is 0 Å². The lowest BCUT2D eigenvalue weighted by Gasteiger charge is -2.18. The number of likely N-dealkylation sites (N-methyl/N-ethyl adjacent to an activating group) is 1. The van der Waals surface area contributed by atoms with Crippen molar-refractivity contribution >= 4 is 21.6 Å². The molecule has 4 nitrogen and oxygen atoms in total. The van der Waals surface area contributed by atoms with Gasteiger partial charge in [0.2, 0.25) is 0 Å². The van der Waals surface area contributed by atoms with Gasteiger partial charge in [-0.2, -0.15) is 0 Å². The van der Waals surface area contributed by atoms with Gasteiger partial charge in [0.05, 0.1) is 4.92 Å². The van der Waals surface area contributed by atoms with Gasteiger partial charge in [0.15, 0.2) is 0 Å². The Kier molecular flexibility index (Phi) is 5.09. The highest BCUT2D eigenvalue weighted by Gasteiger charge is 2.18. The summed E-state index contributed by atoms with van der Waals surface area (Å²) in [6.07, 6.45) is 0.573. The predicted molar refractivity (Wildman–Crippen MR) is 87.5 cm³/mol. The van der Waals surface area contributed by atoms with Crippen LogP contribution in [0.5, 0.6) is 0 Å². The van der Waals surface area contributed by atoms with E-state index in [0.29, 0.717) is 6.42 Å². The van der Waals surface area contributed by atoms with Crippen LogP contribution < -0.4 is 5.32 Å². The van der Waals surface area contributed by atoms with Crippen LogP contribution in [0.15, 0.2) is 46.9 Å². The van der Waals surface area contributed by atoms with Gasteiger partial charge in [-0.05, 0) is 43.7 Å². The van der Waals surface area contributed by atoms with Crippen molar-refractivity contribution in [3.8, 4) is 0 Å². The Morgan fingerprint density at radius 1 is 1.29 bits per heavy atom. The number of halogens is 1.